The van der Waals surface area contributed by atoms with Crippen LogP contribution in [0.15, 0.2) is 96.1 Å². The van der Waals surface area contributed by atoms with Crippen LogP contribution < -0.4 is 0 Å². The van der Waals surface area contributed by atoms with Gasteiger partial charge in [-0.25, -0.2) is 0 Å². The second kappa shape index (κ2) is 19.5. The predicted octanol–water partition coefficient (Wildman–Crippen LogP) is 18.8. The minimum atomic E-state index is -5.15. The maximum atomic E-state index is 9.35. The first-order valence-corrected chi connectivity index (χ1v) is 41.7. The monoisotopic (exact) mass is 961 g/mol. The Morgan fingerprint density at radius 1 is 0.500 bits per heavy atom. The van der Waals surface area contributed by atoms with Crippen LogP contribution in [0.3, 0.4) is 0 Å². The molecule has 62 heavy (non-hydrogen) atoms. The summed E-state index contributed by atoms with van der Waals surface area (Å²) >= 11 is -5.15. The molecule has 0 radical (unpaired) electrons. The average molecular weight is 964 g/mol. The van der Waals surface area contributed by atoms with Gasteiger partial charge in [0.05, 0.1) is 0 Å². The molecule has 0 aliphatic heterocycles. The molecule has 4 aromatic rings. The van der Waals surface area contributed by atoms with E-state index in [-0.39, 0.29) is 7.25 Å². The second-order valence-electron chi connectivity index (χ2n) is 21.0. The molecule has 0 bridgehead atoms. The molecular weight excluding hydrogens is 887 g/mol. The van der Waals surface area contributed by atoms with E-state index in [1.165, 1.54) is 158 Å². The van der Waals surface area contributed by atoms with Crippen LogP contribution in [-0.4, -0.2) is 5.92 Å². The summed E-state index contributed by atoms with van der Waals surface area (Å²) in [5.41, 5.74) is 17.6. The van der Waals surface area contributed by atoms with Crippen molar-refractivity contribution in [2.24, 2.45) is 10.8 Å². The van der Waals surface area contributed by atoms with Gasteiger partial charge in [-0.15, -0.1) is 0 Å². The molecule has 2 saturated carbocycles. The molecule has 2 fully saturated rings. The molecule has 8 rings (SSSR count). The molecular formula is C58H77Cl2SiZr. The van der Waals surface area contributed by atoms with Crippen LogP contribution >= 0.6 is 17.0 Å². The van der Waals surface area contributed by atoms with Gasteiger partial charge < -0.3 is 0 Å². The number of rotatable bonds is 13. The molecule has 2 atom stereocenters. The molecule has 4 heteroatoms. The molecule has 331 valence electrons. The van der Waals surface area contributed by atoms with E-state index in [2.05, 4.69) is 138 Å². The number of benzene rings is 4. The molecule has 0 heterocycles. The molecule has 4 aliphatic carbocycles. The maximum absolute atomic E-state index is 9.35. The van der Waals surface area contributed by atoms with Crippen molar-refractivity contribution in [2.45, 2.75) is 176 Å². The van der Waals surface area contributed by atoms with Crippen molar-refractivity contribution in [1.29, 1.82) is 0 Å². The standard InChI is InChI=1S/2C28H35.C2H7Si.2ClH.Zr/c2*1-3-22-13-15-24(16-14-22)26-12-10-11-25-19-23(20-27(25)26)21-28(4-2)17-8-6-5-7-9-18-28;1-3-2;;;/h2*10-16,19-20H,3-9,17-18,21H2,1-2H3;3H,1-2H3;2*1H;/q;;;;;+2/p-2. The zero-order valence-corrected chi connectivity index (χ0v) is 44.5. The Bertz CT molecular complexity index is 2070. The Balaban J connectivity index is 1.36. The number of hydrogen-bond acceptors (Lipinski definition) is 0. The number of hydrogen-bond donors (Lipinski definition) is 0. The molecule has 0 amide bonds. The molecule has 2 unspecified atom stereocenters. The van der Waals surface area contributed by atoms with Crippen LogP contribution in [0.4, 0.5) is 0 Å². The van der Waals surface area contributed by atoms with Gasteiger partial charge in [0.2, 0.25) is 0 Å². The van der Waals surface area contributed by atoms with Crippen LogP contribution in [0.5, 0.6) is 0 Å². The SMILES string of the molecule is CCc1ccc(-c2cccc3c2C=C(CC2(CC)CCCCCCC2)[CH]3[Zr]([Cl])([Cl])([CH]2C(CC3(CC)CCCCCCC3)=Cc3c(-c4ccc(CC)cc4)cccc32)[SiH](C)C)cc1. The molecule has 0 N–H and O–H groups in total. The van der Waals surface area contributed by atoms with Gasteiger partial charge in [0.25, 0.3) is 0 Å². The number of fused-ring (bicyclic) bond motifs is 2. The van der Waals surface area contributed by atoms with Gasteiger partial charge >= 0.3 is 390 Å². The summed E-state index contributed by atoms with van der Waals surface area (Å²) in [6, 6.07) is 33.2. The van der Waals surface area contributed by atoms with Crippen molar-refractivity contribution in [3.05, 3.63) is 129 Å². The van der Waals surface area contributed by atoms with Crippen molar-refractivity contribution in [3.63, 3.8) is 0 Å². The van der Waals surface area contributed by atoms with E-state index in [1.807, 2.05) is 0 Å². The second-order valence-corrected chi connectivity index (χ2v) is 63.5. The third-order valence-corrected chi connectivity index (χ3v) is 69.2. The summed E-state index contributed by atoms with van der Waals surface area (Å²) in [7, 11) is 18.7. The topological polar surface area (TPSA) is 0 Å². The van der Waals surface area contributed by atoms with Gasteiger partial charge in [-0.05, 0) is 0 Å². The Morgan fingerprint density at radius 3 is 1.18 bits per heavy atom. The average Bonchev–Trinajstić information content (AvgIpc) is 3.85. The Labute approximate surface area is 386 Å². The number of aryl methyl sites for hydroxylation is 2. The first kappa shape index (κ1) is 46.6. The third-order valence-electron chi connectivity index (χ3n) is 17.3. The van der Waals surface area contributed by atoms with Gasteiger partial charge in [-0.3, -0.25) is 0 Å². The third kappa shape index (κ3) is 8.85. The molecule has 0 spiro atoms. The molecule has 4 aliphatic rings. The molecule has 0 nitrogen and oxygen atoms in total. The van der Waals surface area contributed by atoms with Gasteiger partial charge in [0, 0.05) is 0 Å². The van der Waals surface area contributed by atoms with E-state index in [0.29, 0.717) is 10.8 Å². The van der Waals surface area contributed by atoms with Gasteiger partial charge in [0.1, 0.15) is 0 Å². The number of halogens is 2. The Kier molecular flexibility index (Phi) is 14.6. The van der Waals surface area contributed by atoms with Crippen LogP contribution in [-0.2, 0) is 28.4 Å². The van der Waals surface area contributed by atoms with Crippen molar-refractivity contribution < 1.29 is 15.6 Å². The first-order chi connectivity index (χ1) is 30.0. The molecule has 4 aromatic carbocycles. The van der Waals surface area contributed by atoms with E-state index in [4.69, 9.17) is 0 Å². The van der Waals surface area contributed by atoms with Crippen LogP contribution in [0.25, 0.3) is 34.4 Å². The van der Waals surface area contributed by atoms with Crippen LogP contribution in [0.2, 0.25) is 13.1 Å². The zero-order chi connectivity index (χ0) is 43.6. The van der Waals surface area contributed by atoms with Gasteiger partial charge in [-0.1, -0.05) is 0 Å². The molecule has 0 saturated heterocycles. The Hall–Kier alpha value is -1.96. The first-order valence-electron chi connectivity index (χ1n) is 25.4. The zero-order valence-electron chi connectivity index (χ0n) is 39.4. The minimum absolute atomic E-state index is 0.104. The summed E-state index contributed by atoms with van der Waals surface area (Å²) < 4.78 is 0.207. The summed E-state index contributed by atoms with van der Waals surface area (Å²) in [6.07, 6.45) is 31.1. The van der Waals surface area contributed by atoms with E-state index < -0.39 is 21.5 Å². The van der Waals surface area contributed by atoms with Crippen LogP contribution in [0, 0.1) is 10.8 Å². The fraction of sp³-hybridized carbons (Fsp3) is 0.517. The van der Waals surface area contributed by atoms with Crippen molar-refractivity contribution in [3.8, 4) is 22.3 Å². The van der Waals surface area contributed by atoms with Crippen molar-refractivity contribution in [2.75, 3.05) is 0 Å². The summed E-state index contributed by atoms with van der Waals surface area (Å²) in [4.78, 5) is 0. The quantitative estimate of drug-likeness (QED) is 0.117. The van der Waals surface area contributed by atoms with Crippen molar-refractivity contribution >= 4 is 35.1 Å². The molecule has 0 aromatic heterocycles. The van der Waals surface area contributed by atoms with Crippen LogP contribution in [0.1, 0.15) is 184 Å². The van der Waals surface area contributed by atoms with E-state index >= 15 is 0 Å². The van der Waals surface area contributed by atoms with Gasteiger partial charge in [-0.2, -0.15) is 0 Å². The van der Waals surface area contributed by atoms with Crippen molar-refractivity contribution in [1.82, 2.24) is 0 Å². The van der Waals surface area contributed by atoms with E-state index in [1.54, 1.807) is 11.1 Å². The fourth-order valence-corrected chi connectivity index (χ4v) is 44.5. The van der Waals surface area contributed by atoms with Gasteiger partial charge in [0.15, 0.2) is 0 Å². The normalized spacial score (nSPS) is 22.0. The summed E-state index contributed by atoms with van der Waals surface area (Å²) in [5, 5.41) is 0. The van der Waals surface area contributed by atoms with E-state index in [0.717, 1.165) is 25.7 Å². The Morgan fingerprint density at radius 2 is 0.855 bits per heavy atom. The summed E-state index contributed by atoms with van der Waals surface area (Å²) in [5.74, 6) is -1.77. The predicted molar refractivity (Wildman–Crippen MR) is 274 cm³/mol. The van der Waals surface area contributed by atoms with E-state index in [9.17, 15) is 17.0 Å². The fourth-order valence-electron chi connectivity index (χ4n) is 13.2. The summed E-state index contributed by atoms with van der Waals surface area (Å²) in [6.45, 7) is 14.7. The number of allylic oxidation sites excluding steroid dienone is 2.